The number of ether oxygens (including phenoxy) is 1. The molecule has 4 fully saturated rings. The number of anilines is 1. The molecule has 1 aromatic carbocycles. The van der Waals surface area contributed by atoms with E-state index in [2.05, 4.69) is 10.2 Å². The Hall–Kier alpha value is -1.46. The zero-order valence-corrected chi connectivity index (χ0v) is 14.7. The van der Waals surface area contributed by atoms with Gasteiger partial charge in [-0.1, -0.05) is 11.6 Å². The minimum absolute atomic E-state index is 0.136. The summed E-state index contributed by atoms with van der Waals surface area (Å²) < 4.78 is 5.28. The summed E-state index contributed by atoms with van der Waals surface area (Å²) in [6, 6.07) is 3.20. The molecule has 3 aliphatic heterocycles. The van der Waals surface area contributed by atoms with Crippen LogP contribution >= 0.6 is 11.6 Å². The van der Waals surface area contributed by atoms with Crippen LogP contribution in [0, 0.1) is 23.7 Å². The van der Waals surface area contributed by atoms with Gasteiger partial charge in [-0.05, 0) is 42.6 Å². The minimum atomic E-state index is -0.136. The smallest absolute Gasteiger partial charge is 0.255 e. The van der Waals surface area contributed by atoms with Gasteiger partial charge in [0.05, 0.1) is 23.4 Å². The SMILES string of the molecule is COc1cc(N)c(Cl)cc1C(=O)NCC1[C@@H]2CC3C[C@H]1CN(C3)C2. The highest BCUT2D eigenvalue weighted by Crippen LogP contribution is 2.46. The number of methoxy groups -OCH3 is 1. The number of carbonyl (C=O) groups excluding carboxylic acids is 1. The average Bonchev–Trinajstić information content (AvgIpc) is 2.55. The van der Waals surface area contributed by atoms with Gasteiger partial charge in [0, 0.05) is 32.2 Å². The highest BCUT2D eigenvalue weighted by atomic mass is 35.5. The van der Waals surface area contributed by atoms with Gasteiger partial charge in [0.1, 0.15) is 5.75 Å². The van der Waals surface area contributed by atoms with E-state index in [0.717, 1.165) is 24.3 Å². The fourth-order valence-corrected chi connectivity index (χ4v) is 5.23. The third-order valence-corrected chi connectivity index (χ3v) is 6.37. The van der Waals surface area contributed by atoms with Crippen LogP contribution in [0.25, 0.3) is 0 Å². The molecule has 3 N–H and O–H groups in total. The normalized spacial score (nSPS) is 33.5. The molecule has 24 heavy (non-hydrogen) atoms. The van der Waals surface area contributed by atoms with Gasteiger partial charge in [-0.3, -0.25) is 4.79 Å². The molecule has 5 nitrogen and oxygen atoms in total. The summed E-state index contributed by atoms with van der Waals surface area (Å²) in [5.74, 6) is 3.26. The fraction of sp³-hybridized carbons (Fsp3) is 0.611. The van der Waals surface area contributed by atoms with Crippen molar-refractivity contribution in [2.75, 3.05) is 39.0 Å². The lowest BCUT2D eigenvalue weighted by Crippen LogP contribution is -2.59. The second-order valence-electron chi connectivity index (χ2n) is 7.52. The Morgan fingerprint density at radius 2 is 2.04 bits per heavy atom. The minimum Gasteiger partial charge on any atom is -0.496 e. The van der Waals surface area contributed by atoms with E-state index in [0.29, 0.717) is 27.9 Å². The second kappa shape index (κ2) is 6.12. The predicted octanol–water partition coefficient (Wildman–Crippen LogP) is 2.25. The van der Waals surface area contributed by atoms with Crippen LogP contribution in [0.15, 0.2) is 12.1 Å². The van der Waals surface area contributed by atoms with Gasteiger partial charge >= 0.3 is 0 Å². The predicted molar refractivity (Wildman–Crippen MR) is 94.4 cm³/mol. The van der Waals surface area contributed by atoms with Crippen molar-refractivity contribution in [3.05, 3.63) is 22.7 Å². The molecule has 1 aromatic rings. The molecule has 130 valence electrons. The van der Waals surface area contributed by atoms with Crippen LogP contribution in [0.4, 0.5) is 5.69 Å². The van der Waals surface area contributed by atoms with Gasteiger partial charge in [-0.25, -0.2) is 0 Å². The lowest BCUT2D eigenvalue weighted by molar-refractivity contribution is -0.0624. The Morgan fingerprint density at radius 1 is 1.33 bits per heavy atom. The van der Waals surface area contributed by atoms with E-state index in [4.69, 9.17) is 22.1 Å². The Kier molecular flexibility index (Phi) is 4.09. The van der Waals surface area contributed by atoms with Crippen molar-refractivity contribution in [1.82, 2.24) is 10.2 Å². The molecule has 1 amide bonds. The van der Waals surface area contributed by atoms with Crippen LogP contribution in [-0.4, -0.2) is 44.1 Å². The molecule has 5 atom stereocenters. The van der Waals surface area contributed by atoms with Crippen molar-refractivity contribution < 1.29 is 9.53 Å². The number of nitrogens with zero attached hydrogens (tertiary/aromatic N) is 1. The first-order valence-electron chi connectivity index (χ1n) is 8.68. The first-order chi connectivity index (χ1) is 11.5. The standard InChI is InChI=1S/C18H24ClN3O2/c1-24-17-5-16(20)15(19)4-13(17)18(23)21-6-14-11-2-10-3-12(14)9-22(7-10)8-11/h4-5,10-12,14H,2-3,6-9,20H2,1H3,(H,21,23)/t10?,11-,12+,14?. The van der Waals surface area contributed by atoms with E-state index < -0.39 is 0 Å². The summed E-state index contributed by atoms with van der Waals surface area (Å²) in [6.45, 7) is 4.42. The molecule has 3 heterocycles. The molecule has 3 saturated heterocycles. The topological polar surface area (TPSA) is 67.6 Å². The largest absolute Gasteiger partial charge is 0.496 e. The fourth-order valence-electron chi connectivity index (χ4n) is 5.06. The second-order valence-corrected chi connectivity index (χ2v) is 7.93. The Bertz CT molecular complexity index is 636. The van der Waals surface area contributed by atoms with E-state index in [9.17, 15) is 4.79 Å². The highest BCUT2D eigenvalue weighted by Gasteiger charge is 2.47. The lowest BCUT2D eigenvalue weighted by atomic mass is 9.62. The molecule has 4 aliphatic rings. The van der Waals surface area contributed by atoms with Crippen LogP contribution in [0.5, 0.6) is 5.75 Å². The van der Waals surface area contributed by atoms with Crippen LogP contribution in [-0.2, 0) is 0 Å². The van der Waals surface area contributed by atoms with Gasteiger partial charge in [0.15, 0.2) is 0 Å². The molecular weight excluding hydrogens is 326 g/mol. The Balaban J connectivity index is 1.45. The first-order valence-corrected chi connectivity index (χ1v) is 9.06. The van der Waals surface area contributed by atoms with Crippen molar-refractivity contribution in [3.8, 4) is 5.75 Å². The number of hydrogen-bond donors (Lipinski definition) is 2. The zero-order chi connectivity index (χ0) is 16.8. The summed E-state index contributed by atoms with van der Waals surface area (Å²) in [6.07, 6.45) is 2.65. The van der Waals surface area contributed by atoms with E-state index in [1.807, 2.05) is 0 Å². The molecule has 5 rings (SSSR count). The van der Waals surface area contributed by atoms with E-state index >= 15 is 0 Å². The maximum Gasteiger partial charge on any atom is 0.255 e. The number of piperidine rings is 3. The number of halogens is 1. The van der Waals surface area contributed by atoms with Crippen molar-refractivity contribution in [1.29, 1.82) is 0 Å². The highest BCUT2D eigenvalue weighted by molar-refractivity contribution is 6.33. The maximum absolute atomic E-state index is 12.6. The average molecular weight is 350 g/mol. The third kappa shape index (κ3) is 2.74. The maximum atomic E-state index is 12.6. The number of carbonyl (C=O) groups is 1. The van der Waals surface area contributed by atoms with Crippen LogP contribution in [0.1, 0.15) is 23.2 Å². The molecular formula is C18H24ClN3O2. The molecule has 0 spiro atoms. The summed E-state index contributed by atoms with van der Waals surface area (Å²) >= 11 is 6.07. The van der Waals surface area contributed by atoms with Crippen LogP contribution < -0.4 is 15.8 Å². The number of nitrogen functional groups attached to an aromatic ring is 1. The number of hydrogen-bond acceptors (Lipinski definition) is 4. The monoisotopic (exact) mass is 349 g/mol. The van der Waals surface area contributed by atoms with Crippen molar-refractivity contribution in [2.24, 2.45) is 23.7 Å². The van der Waals surface area contributed by atoms with Gasteiger partial charge in [0.25, 0.3) is 5.91 Å². The summed E-state index contributed by atoms with van der Waals surface area (Å²) in [4.78, 5) is 15.2. The van der Waals surface area contributed by atoms with E-state index in [1.54, 1.807) is 12.1 Å². The summed E-state index contributed by atoms with van der Waals surface area (Å²) in [5.41, 5.74) is 6.65. The molecule has 4 bridgehead atoms. The number of nitrogens with two attached hydrogens (primary N) is 1. The number of rotatable bonds is 4. The van der Waals surface area contributed by atoms with Gasteiger partial charge in [-0.15, -0.1) is 0 Å². The van der Waals surface area contributed by atoms with Gasteiger partial charge in [0.2, 0.25) is 0 Å². The molecule has 0 aromatic heterocycles. The van der Waals surface area contributed by atoms with E-state index in [-0.39, 0.29) is 5.91 Å². The quantitative estimate of drug-likeness (QED) is 0.818. The summed E-state index contributed by atoms with van der Waals surface area (Å²) in [7, 11) is 1.53. The number of nitrogens with one attached hydrogen (secondary N) is 1. The van der Waals surface area contributed by atoms with Crippen LogP contribution in [0.2, 0.25) is 5.02 Å². The molecule has 1 aliphatic carbocycles. The van der Waals surface area contributed by atoms with Crippen molar-refractivity contribution >= 4 is 23.2 Å². The van der Waals surface area contributed by atoms with Crippen molar-refractivity contribution in [3.63, 3.8) is 0 Å². The lowest BCUT2D eigenvalue weighted by Gasteiger charge is -2.56. The van der Waals surface area contributed by atoms with Crippen LogP contribution in [0.3, 0.4) is 0 Å². The molecule has 0 radical (unpaired) electrons. The molecule has 6 heteroatoms. The number of amides is 1. The Morgan fingerprint density at radius 3 is 2.67 bits per heavy atom. The first kappa shape index (κ1) is 16.0. The molecule has 1 saturated carbocycles. The zero-order valence-electron chi connectivity index (χ0n) is 13.9. The third-order valence-electron chi connectivity index (χ3n) is 6.05. The molecule has 3 unspecified atom stereocenters. The summed E-state index contributed by atoms with van der Waals surface area (Å²) in [5, 5.41) is 3.49. The number of benzene rings is 1. The van der Waals surface area contributed by atoms with Gasteiger partial charge in [-0.2, -0.15) is 0 Å². The van der Waals surface area contributed by atoms with Crippen molar-refractivity contribution in [2.45, 2.75) is 12.8 Å². The van der Waals surface area contributed by atoms with Gasteiger partial charge < -0.3 is 20.7 Å². The Labute approximate surface area is 147 Å². The van der Waals surface area contributed by atoms with E-state index in [1.165, 1.54) is 39.6 Å².